The molecule has 2 unspecified atom stereocenters. The average Bonchev–Trinajstić information content (AvgIpc) is 1.64. The Bertz CT molecular complexity index is 4610. The first kappa shape index (κ1) is 134. The number of aliphatic carboxylic acids is 2. The maximum atomic E-state index is 10.7. The van der Waals surface area contributed by atoms with Crippen LogP contribution in [0.4, 0.5) is 0 Å². The van der Waals surface area contributed by atoms with Crippen molar-refractivity contribution in [2.24, 2.45) is 0 Å². The second-order valence-electron chi connectivity index (χ2n) is 34.4. The number of hydrogen-bond donors (Lipinski definition) is 17. The molecular weight excluding hydrogens is 1910 g/mol. The molecule has 0 spiro atoms. The van der Waals surface area contributed by atoms with Gasteiger partial charge in [0, 0.05) is 142 Å². The van der Waals surface area contributed by atoms with Crippen molar-refractivity contribution in [1.82, 2.24) is 98.9 Å². The molecular formula is C116H173N19O14Si. The molecule has 0 amide bonds. The quantitative estimate of drug-likeness (QED) is 0.00729. The number of fused-ring (bicyclic) bond motifs is 3. The van der Waals surface area contributed by atoms with Gasteiger partial charge in [0.25, 0.3) is 0 Å². The van der Waals surface area contributed by atoms with Gasteiger partial charge in [0.1, 0.15) is 0 Å². The third kappa shape index (κ3) is 72.0. The number of carboxylic acid groups (broad SMARTS) is 2. The van der Waals surface area contributed by atoms with Crippen molar-refractivity contribution in [3.63, 3.8) is 0 Å². The number of aromatic nitrogens is 4. The minimum absolute atomic E-state index is 0.0194. The van der Waals surface area contributed by atoms with E-state index < -0.39 is 32.0 Å². The van der Waals surface area contributed by atoms with Crippen LogP contribution in [0.5, 0.6) is 0 Å². The molecule has 2 aliphatic heterocycles. The van der Waals surface area contributed by atoms with E-state index in [1.807, 2.05) is 73.1 Å². The summed E-state index contributed by atoms with van der Waals surface area (Å²) in [5, 5.41) is 73.0. The zero-order chi connectivity index (χ0) is 110. The smallest absolute Gasteiger partial charge is 0.319 e. The molecule has 4 aromatic heterocycles. The number of rotatable bonds is 48. The molecule has 2 atom stereocenters. The van der Waals surface area contributed by atoms with E-state index in [9.17, 15) is 28.8 Å². The summed E-state index contributed by atoms with van der Waals surface area (Å²) in [5.74, 6) is -3.67. The number of methoxy groups -OCH3 is 2. The Morgan fingerprint density at radius 3 is 1.00 bits per heavy atom. The molecule has 33 nitrogen and oxygen atoms in total. The Morgan fingerprint density at radius 2 is 0.680 bits per heavy atom. The van der Waals surface area contributed by atoms with Crippen LogP contribution in [0, 0.1) is 0 Å². The number of benzene rings is 7. The van der Waals surface area contributed by atoms with Crippen LogP contribution in [0.1, 0.15) is 129 Å². The lowest BCUT2D eigenvalue weighted by molar-refractivity contribution is -0.144. The third-order valence-corrected chi connectivity index (χ3v) is 22.7. The summed E-state index contributed by atoms with van der Waals surface area (Å²) in [7, 11) is 1.64. The van der Waals surface area contributed by atoms with Crippen molar-refractivity contribution in [3.05, 3.63) is 359 Å². The summed E-state index contributed by atoms with van der Waals surface area (Å²) in [6, 6.07) is 90.5. The molecule has 2 aliphatic rings. The fourth-order valence-electron chi connectivity index (χ4n) is 13.7. The predicted molar refractivity (Wildman–Crippen MR) is 606 cm³/mol. The highest BCUT2D eigenvalue weighted by Gasteiger charge is 2.29. The molecule has 34 heteroatoms. The molecule has 7 aromatic carbocycles. The van der Waals surface area contributed by atoms with Gasteiger partial charge in [0.15, 0.2) is 0 Å². The largest absolute Gasteiger partial charge is 0.480 e. The van der Waals surface area contributed by atoms with E-state index in [4.69, 9.17) is 20.4 Å². The minimum Gasteiger partial charge on any atom is -0.480 e. The topological polar surface area (TPSA) is 435 Å². The van der Waals surface area contributed by atoms with E-state index in [0.717, 1.165) is 129 Å². The number of carbonyl (C=O) groups excluding carboxylic acids is 4. The van der Waals surface area contributed by atoms with Crippen molar-refractivity contribution in [2.45, 2.75) is 146 Å². The van der Waals surface area contributed by atoms with E-state index in [1.165, 1.54) is 94.7 Å². The van der Waals surface area contributed by atoms with Crippen molar-refractivity contribution in [2.75, 3.05) is 171 Å². The Kier molecular flexibility index (Phi) is 81.5. The fourth-order valence-corrected chi connectivity index (χ4v) is 14.5. The van der Waals surface area contributed by atoms with Crippen LogP contribution < -0.4 is 69.1 Å². The zero-order valence-electron chi connectivity index (χ0n) is 90.8. The molecule has 820 valence electrons. The highest BCUT2D eigenvalue weighted by Crippen LogP contribution is 2.32. The Labute approximate surface area is 893 Å². The van der Waals surface area contributed by atoms with Crippen LogP contribution in [-0.4, -0.2) is 265 Å². The normalized spacial score (nSPS) is 12.0. The molecule has 17 N–H and O–H groups in total. The molecule has 0 saturated carbocycles. The molecule has 1 saturated heterocycles. The summed E-state index contributed by atoms with van der Waals surface area (Å²) in [5.41, 5.74) is 16.7. The minimum atomic E-state index is -1.06. The number of pyridine rings is 4. The average molecular weight is 2090 g/mol. The number of carboxylic acids is 2. The second-order valence-corrected chi connectivity index (χ2v) is 39.9. The maximum absolute atomic E-state index is 10.7. The Hall–Kier alpha value is -12.5. The Balaban J connectivity index is 0.000000558. The van der Waals surface area contributed by atoms with Gasteiger partial charge in [-0.15, -0.1) is 0 Å². The number of carbonyl (C=O) groups is 6. The number of ether oxygens (including phenoxy) is 4. The van der Waals surface area contributed by atoms with Crippen LogP contribution in [0.25, 0.3) is 11.1 Å². The van der Waals surface area contributed by atoms with Gasteiger partial charge in [-0.3, -0.25) is 75.3 Å². The zero-order valence-corrected chi connectivity index (χ0v) is 91.8. The van der Waals surface area contributed by atoms with E-state index in [-0.39, 0.29) is 64.4 Å². The van der Waals surface area contributed by atoms with Crippen LogP contribution in [0.3, 0.4) is 0 Å². The molecule has 0 radical (unpaired) electrons. The second kappa shape index (κ2) is 91.5. The molecule has 1 fully saturated rings. The number of hydrogen-bond acceptors (Lipinski definition) is 31. The summed E-state index contributed by atoms with van der Waals surface area (Å²) in [6.07, 6.45) is 12.1. The van der Waals surface area contributed by atoms with Gasteiger partial charge < -0.3 is 91.7 Å². The van der Waals surface area contributed by atoms with Gasteiger partial charge in [-0.1, -0.05) is 286 Å². The van der Waals surface area contributed by atoms with Crippen LogP contribution in [0.15, 0.2) is 298 Å². The summed E-state index contributed by atoms with van der Waals surface area (Å²) in [6.45, 7) is 45.5. The number of aliphatic hydroxyl groups is 2. The SMILES string of the molecule is CCN(CC)CCNCCN(CC)CC.CCNCC.CCOC(=O)CNCC(=O)OCC.COC(=O)CNCC(=O)OC.C[Si](C)(C)CNCc1ccccc1.O=C(O)CNCC(=O)O.OCCNCCO.c1ccc(C2NCNC2c2ccccc2)cc1.c1ccc(CNCc2ccccc2)cc1.c1ccc(CNCc2ccccn2)nc1.c1ccc2c(c1)CNCc1ccccc1-2.c1cncc(CNCc2cccnc2)c1. The summed E-state index contributed by atoms with van der Waals surface area (Å²) >= 11 is 0. The highest BCUT2D eigenvalue weighted by atomic mass is 28.3. The number of nitrogens with zero attached hydrogens (tertiary/aromatic N) is 6. The van der Waals surface area contributed by atoms with Gasteiger partial charge in [-0.05, 0) is 157 Å². The van der Waals surface area contributed by atoms with Crippen molar-refractivity contribution in [3.8, 4) is 11.1 Å². The first-order valence-electron chi connectivity index (χ1n) is 51.7. The lowest BCUT2D eigenvalue weighted by Crippen LogP contribution is -2.36. The first-order valence-corrected chi connectivity index (χ1v) is 55.4. The van der Waals surface area contributed by atoms with Crippen LogP contribution >= 0.6 is 0 Å². The molecule has 0 bridgehead atoms. The lowest BCUT2D eigenvalue weighted by Gasteiger charge is -2.20. The van der Waals surface area contributed by atoms with Gasteiger partial charge in [0.05, 0.1) is 111 Å². The number of nitrogens with one attached hydrogen (secondary N) is 13. The maximum Gasteiger partial charge on any atom is 0.319 e. The lowest BCUT2D eigenvalue weighted by atomic mass is 9.95. The van der Waals surface area contributed by atoms with Crippen molar-refractivity contribution >= 4 is 43.9 Å². The van der Waals surface area contributed by atoms with E-state index in [1.54, 1.807) is 38.6 Å². The molecule has 6 heterocycles. The van der Waals surface area contributed by atoms with Gasteiger partial charge in [-0.25, -0.2) is 0 Å². The van der Waals surface area contributed by atoms with Gasteiger partial charge in [0.2, 0.25) is 0 Å². The van der Waals surface area contributed by atoms with Gasteiger partial charge >= 0.3 is 35.8 Å². The summed E-state index contributed by atoms with van der Waals surface area (Å²) < 4.78 is 17.9. The van der Waals surface area contributed by atoms with Crippen molar-refractivity contribution < 1.29 is 68.1 Å². The summed E-state index contributed by atoms with van der Waals surface area (Å²) in [4.78, 5) is 83.3. The molecule has 13 rings (SSSR count). The van der Waals surface area contributed by atoms with E-state index in [0.29, 0.717) is 38.4 Å². The van der Waals surface area contributed by atoms with Crippen molar-refractivity contribution in [1.29, 1.82) is 0 Å². The Morgan fingerprint density at radius 1 is 0.353 bits per heavy atom. The third-order valence-electron chi connectivity index (χ3n) is 21.4. The monoisotopic (exact) mass is 2080 g/mol. The predicted octanol–water partition coefficient (Wildman–Crippen LogP) is 12.5. The molecule has 0 aliphatic carbocycles. The van der Waals surface area contributed by atoms with Crippen LogP contribution in [0.2, 0.25) is 19.6 Å². The fraction of sp³-hybridized carbons (Fsp3) is 0.414. The molecule has 150 heavy (non-hydrogen) atoms. The number of aliphatic hydroxyl groups excluding tert-OH is 2. The highest BCUT2D eigenvalue weighted by molar-refractivity contribution is 6.76. The number of likely N-dealkylation sites (N-methyl/N-ethyl adjacent to an activating group) is 2. The van der Waals surface area contributed by atoms with E-state index >= 15 is 0 Å². The van der Waals surface area contributed by atoms with E-state index in [2.05, 4.69) is 379 Å². The molecule has 11 aromatic rings. The van der Waals surface area contributed by atoms with Gasteiger partial charge in [-0.2, -0.15) is 0 Å². The van der Waals surface area contributed by atoms with Crippen LogP contribution in [-0.2, 0) is 107 Å². The first-order chi connectivity index (χ1) is 73.0. The number of esters is 4. The standard InChI is InChI=1S/C15H16N2.C14H13N.C14H15N.2C12H13N3.C12H29N3.C11H19NSi.C8H15NO4.C6H11NO4.C4H7NO4.C4H11NO2.C4H11N/c1-3-7-12(8-4-1)14-15(17-11-16-14)13-9-5-2-6-10-13;1-3-7-13-11(5-1)9-15-10-12-6-2-4-8-14(12)13;1-3-7-13(8-4-1)11-15-12-14-9-5-2-6-10-14;1-3-11(7-13-5-1)9-15-10-12-4-2-6-14-8-12;1-3-7-14-11(5-1)9-13-10-12-6-2-4-8-15-12;1-5-14(6-2)11-9-13-10-12-15(7-3)8-4;1-13(2,3)10-12-9-11-7-5-4-6-8-11;1-3-12-7(10)5-9-6-8(11)13-4-2;1-10-5(8)3-7-4-6(9)11-2;6-3(7)1-5-2-4(8)9;6-3-1-5-2-4-7;1-3-5-4-2/h1-10,14-17H,11H2;1-8,15H,9-10H2;1-10,15H,11-12H2;1-8,15H,9-10H2;1-8,13H,9-10H2;13H,5-12H2,1-4H3;4-8,12H,9-10H2,1-3H3;9H,3-6H2,1-2H3;7H,3-4H2,1-2H3;5H,1-2H2,(H,6,7)(H,8,9);5-7H,1-4H2;5H,3-4H2,1-2H3.